The second kappa shape index (κ2) is 6.55. The molecular formula is C11H17N3O3S. The molecule has 1 aromatic rings. The summed E-state index contributed by atoms with van der Waals surface area (Å²) in [6, 6.07) is 1.39. The molecular weight excluding hydrogens is 254 g/mol. The van der Waals surface area contributed by atoms with Crippen LogP contribution in [0.5, 0.6) is 0 Å². The van der Waals surface area contributed by atoms with Gasteiger partial charge in [0.25, 0.3) is 5.69 Å². The first-order valence-electron chi connectivity index (χ1n) is 5.50. The Morgan fingerprint density at radius 1 is 1.67 bits per heavy atom. The molecule has 1 heterocycles. The maximum absolute atomic E-state index is 10.8. The number of thioether (sulfide) groups is 1. The van der Waals surface area contributed by atoms with Crippen LogP contribution in [0.2, 0.25) is 0 Å². The van der Waals surface area contributed by atoms with Gasteiger partial charge in [0.2, 0.25) is 0 Å². The SMILES string of the molecule is CSC(CO)C(C)Nc1cc([N+](=O)[O-])c(C)cn1. The molecule has 7 heteroatoms. The summed E-state index contributed by atoms with van der Waals surface area (Å²) in [6.07, 6.45) is 3.38. The number of hydrogen-bond donors (Lipinski definition) is 2. The van der Waals surface area contributed by atoms with Crippen LogP contribution in [0, 0.1) is 17.0 Å². The fraction of sp³-hybridized carbons (Fsp3) is 0.545. The molecule has 0 bridgehead atoms. The van der Waals surface area contributed by atoms with Gasteiger partial charge in [-0.25, -0.2) is 4.98 Å². The molecule has 18 heavy (non-hydrogen) atoms. The highest BCUT2D eigenvalue weighted by Crippen LogP contribution is 2.21. The molecule has 100 valence electrons. The van der Waals surface area contributed by atoms with Crippen LogP contribution in [-0.4, -0.2) is 39.2 Å². The Morgan fingerprint density at radius 2 is 2.33 bits per heavy atom. The van der Waals surface area contributed by atoms with E-state index in [0.29, 0.717) is 11.4 Å². The zero-order valence-electron chi connectivity index (χ0n) is 10.6. The van der Waals surface area contributed by atoms with Crippen LogP contribution in [0.25, 0.3) is 0 Å². The monoisotopic (exact) mass is 271 g/mol. The van der Waals surface area contributed by atoms with Crippen molar-refractivity contribution < 1.29 is 10.0 Å². The Hall–Kier alpha value is -1.34. The minimum absolute atomic E-state index is 0.0205. The van der Waals surface area contributed by atoms with E-state index < -0.39 is 4.92 Å². The molecule has 0 saturated carbocycles. The van der Waals surface area contributed by atoms with E-state index in [2.05, 4.69) is 10.3 Å². The van der Waals surface area contributed by atoms with Gasteiger partial charge in [-0.05, 0) is 20.1 Å². The average molecular weight is 271 g/mol. The lowest BCUT2D eigenvalue weighted by Gasteiger charge is -2.21. The summed E-state index contributed by atoms with van der Waals surface area (Å²) in [5.74, 6) is 0.451. The third-order valence-corrected chi connectivity index (χ3v) is 3.85. The van der Waals surface area contributed by atoms with E-state index in [-0.39, 0.29) is 23.6 Å². The summed E-state index contributed by atoms with van der Waals surface area (Å²) in [5, 5.41) is 23.1. The lowest BCUT2D eigenvalue weighted by atomic mass is 10.2. The molecule has 0 radical (unpaired) electrons. The predicted molar refractivity (Wildman–Crippen MR) is 73.1 cm³/mol. The first-order valence-corrected chi connectivity index (χ1v) is 6.79. The van der Waals surface area contributed by atoms with Gasteiger partial charge in [-0.3, -0.25) is 10.1 Å². The molecule has 0 saturated heterocycles. The molecule has 1 aromatic heterocycles. The third-order valence-electron chi connectivity index (χ3n) is 2.69. The van der Waals surface area contributed by atoms with Gasteiger partial charge in [0, 0.05) is 23.1 Å². The van der Waals surface area contributed by atoms with Crippen molar-refractivity contribution in [3.8, 4) is 0 Å². The van der Waals surface area contributed by atoms with Crippen LogP contribution in [-0.2, 0) is 0 Å². The van der Waals surface area contributed by atoms with Crippen LogP contribution in [0.15, 0.2) is 12.3 Å². The van der Waals surface area contributed by atoms with E-state index in [1.165, 1.54) is 24.0 Å². The highest BCUT2D eigenvalue weighted by atomic mass is 32.2. The Kier molecular flexibility index (Phi) is 5.36. The quantitative estimate of drug-likeness (QED) is 0.606. The molecule has 2 N–H and O–H groups in total. The molecule has 0 amide bonds. The molecule has 2 atom stereocenters. The lowest BCUT2D eigenvalue weighted by molar-refractivity contribution is -0.385. The number of nitrogens with zero attached hydrogens (tertiary/aromatic N) is 2. The van der Waals surface area contributed by atoms with Gasteiger partial charge >= 0.3 is 0 Å². The number of anilines is 1. The molecule has 2 unspecified atom stereocenters. The summed E-state index contributed by atoms with van der Waals surface area (Å²) in [4.78, 5) is 14.5. The number of nitro groups is 1. The lowest BCUT2D eigenvalue weighted by Crippen LogP contribution is -2.31. The number of rotatable bonds is 6. The van der Waals surface area contributed by atoms with Crippen LogP contribution in [0.4, 0.5) is 11.5 Å². The molecule has 0 aliphatic rings. The number of pyridine rings is 1. The van der Waals surface area contributed by atoms with Crippen LogP contribution >= 0.6 is 11.8 Å². The van der Waals surface area contributed by atoms with E-state index in [1.54, 1.807) is 6.92 Å². The van der Waals surface area contributed by atoms with Crippen molar-refractivity contribution in [1.82, 2.24) is 4.98 Å². The molecule has 6 nitrogen and oxygen atoms in total. The van der Waals surface area contributed by atoms with Gasteiger partial charge in [-0.15, -0.1) is 0 Å². The summed E-state index contributed by atoms with van der Waals surface area (Å²) in [5.41, 5.74) is 0.575. The molecule has 0 aromatic carbocycles. The van der Waals surface area contributed by atoms with Gasteiger partial charge in [-0.1, -0.05) is 0 Å². The summed E-state index contributed by atoms with van der Waals surface area (Å²) in [6.45, 7) is 3.60. The van der Waals surface area contributed by atoms with Crippen LogP contribution in [0.1, 0.15) is 12.5 Å². The van der Waals surface area contributed by atoms with E-state index >= 15 is 0 Å². The zero-order chi connectivity index (χ0) is 13.7. The fourth-order valence-corrected chi connectivity index (χ4v) is 2.18. The van der Waals surface area contributed by atoms with Crippen molar-refractivity contribution >= 4 is 23.3 Å². The number of aryl methyl sites for hydroxylation is 1. The van der Waals surface area contributed by atoms with Crippen molar-refractivity contribution in [2.45, 2.75) is 25.1 Å². The van der Waals surface area contributed by atoms with E-state index in [9.17, 15) is 15.2 Å². The molecule has 0 aliphatic heterocycles. The van der Waals surface area contributed by atoms with Crippen molar-refractivity contribution in [2.24, 2.45) is 0 Å². The Bertz CT molecular complexity index is 424. The first-order chi connectivity index (χ1) is 8.49. The van der Waals surface area contributed by atoms with Crippen molar-refractivity contribution in [3.63, 3.8) is 0 Å². The molecule has 0 fully saturated rings. The van der Waals surface area contributed by atoms with Gasteiger partial charge in [0.05, 0.1) is 17.6 Å². The minimum atomic E-state index is -0.426. The summed E-state index contributed by atoms with van der Waals surface area (Å²) in [7, 11) is 0. The average Bonchev–Trinajstić information content (AvgIpc) is 2.32. The van der Waals surface area contributed by atoms with Gasteiger partial charge in [0.15, 0.2) is 0 Å². The standard InChI is InChI=1S/C11H17N3O3S/c1-7-5-12-11(4-9(7)14(16)17)13-8(2)10(6-15)18-3/h4-5,8,10,15H,6H2,1-3H3,(H,12,13). The van der Waals surface area contributed by atoms with Gasteiger partial charge in [-0.2, -0.15) is 11.8 Å². The van der Waals surface area contributed by atoms with E-state index in [1.807, 2.05) is 13.2 Å². The van der Waals surface area contributed by atoms with Crippen LogP contribution < -0.4 is 5.32 Å². The normalized spacial score (nSPS) is 14.0. The number of aromatic nitrogens is 1. The zero-order valence-corrected chi connectivity index (χ0v) is 11.4. The second-order valence-corrected chi connectivity index (χ2v) is 5.08. The van der Waals surface area contributed by atoms with Crippen molar-refractivity contribution in [1.29, 1.82) is 0 Å². The number of hydrogen-bond acceptors (Lipinski definition) is 6. The van der Waals surface area contributed by atoms with Gasteiger partial charge in [0.1, 0.15) is 5.82 Å². The predicted octanol–water partition coefficient (Wildman–Crippen LogP) is 1.82. The number of aliphatic hydroxyl groups is 1. The fourth-order valence-electron chi connectivity index (χ4n) is 1.55. The highest BCUT2D eigenvalue weighted by molar-refractivity contribution is 7.99. The molecule has 1 rings (SSSR count). The van der Waals surface area contributed by atoms with Crippen molar-refractivity contribution in [3.05, 3.63) is 27.9 Å². The number of nitrogens with one attached hydrogen (secondary N) is 1. The first kappa shape index (κ1) is 14.7. The largest absolute Gasteiger partial charge is 0.395 e. The Morgan fingerprint density at radius 3 is 2.83 bits per heavy atom. The summed E-state index contributed by atoms with van der Waals surface area (Å²) >= 11 is 1.54. The summed E-state index contributed by atoms with van der Waals surface area (Å²) < 4.78 is 0. The minimum Gasteiger partial charge on any atom is -0.395 e. The third kappa shape index (κ3) is 3.58. The number of aliphatic hydroxyl groups excluding tert-OH is 1. The Labute approximate surface area is 110 Å². The maximum atomic E-state index is 10.8. The van der Waals surface area contributed by atoms with E-state index in [4.69, 9.17) is 0 Å². The smallest absolute Gasteiger partial charge is 0.277 e. The topological polar surface area (TPSA) is 88.3 Å². The van der Waals surface area contributed by atoms with Gasteiger partial charge < -0.3 is 10.4 Å². The maximum Gasteiger partial charge on any atom is 0.277 e. The highest BCUT2D eigenvalue weighted by Gasteiger charge is 2.17. The molecule has 0 aliphatic carbocycles. The second-order valence-electron chi connectivity index (χ2n) is 4.00. The molecule has 0 spiro atoms. The van der Waals surface area contributed by atoms with E-state index in [0.717, 1.165) is 0 Å². The van der Waals surface area contributed by atoms with Crippen LogP contribution in [0.3, 0.4) is 0 Å². The Balaban J connectivity index is 2.85. The van der Waals surface area contributed by atoms with Crippen molar-refractivity contribution in [2.75, 3.05) is 18.2 Å².